The summed E-state index contributed by atoms with van der Waals surface area (Å²) in [6, 6.07) is 8.95. The molecule has 84 valence electrons. The van der Waals surface area contributed by atoms with Crippen LogP contribution in [0, 0.1) is 6.92 Å². The van der Waals surface area contributed by atoms with Gasteiger partial charge in [-0.3, -0.25) is 0 Å². The molecule has 0 N–H and O–H groups in total. The highest BCUT2D eigenvalue weighted by atomic mass is 16.5. The highest BCUT2D eigenvalue weighted by Crippen LogP contribution is 2.19. The van der Waals surface area contributed by atoms with Crippen molar-refractivity contribution in [2.45, 2.75) is 6.92 Å². The molecule has 0 saturated heterocycles. The zero-order valence-corrected chi connectivity index (χ0v) is 9.01. The van der Waals surface area contributed by atoms with Gasteiger partial charge in [-0.1, -0.05) is 23.4 Å². The fraction of sp³-hybridized carbons (Fsp3) is 0.0833. The van der Waals surface area contributed by atoms with E-state index in [-0.39, 0.29) is 11.5 Å². The highest BCUT2D eigenvalue weighted by Gasteiger charge is 2.13. The average molecular weight is 228 g/mol. The Bertz CT molecular complexity index is 743. The molecule has 17 heavy (non-hydrogen) atoms. The van der Waals surface area contributed by atoms with Gasteiger partial charge in [-0.15, -0.1) is 0 Å². The Kier molecular flexibility index (Phi) is 2.04. The van der Waals surface area contributed by atoms with Crippen LogP contribution in [0.25, 0.3) is 22.4 Å². The number of fused-ring (bicyclic) bond motifs is 1. The molecule has 5 nitrogen and oxygen atoms in total. The topological polar surface area (TPSA) is 69.1 Å². The van der Waals surface area contributed by atoms with Crippen LogP contribution in [-0.4, -0.2) is 10.1 Å². The minimum atomic E-state index is -0.479. The van der Waals surface area contributed by atoms with Crippen LogP contribution in [0.1, 0.15) is 5.82 Å². The molecule has 0 amide bonds. The first kappa shape index (κ1) is 9.77. The van der Waals surface area contributed by atoms with Crippen LogP contribution < -0.4 is 5.63 Å². The number of para-hydroxylation sites is 1. The third-order valence-electron chi connectivity index (χ3n) is 2.40. The SMILES string of the molecule is Cc1noc(-c2cc3ccccc3oc2=O)n1. The zero-order valence-electron chi connectivity index (χ0n) is 9.01. The molecule has 0 spiro atoms. The van der Waals surface area contributed by atoms with Crippen LogP contribution in [0.4, 0.5) is 0 Å². The van der Waals surface area contributed by atoms with Gasteiger partial charge in [0.05, 0.1) is 0 Å². The summed E-state index contributed by atoms with van der Waals surface area (Å²) in [5.41, 5.74) is 0.342. The maximum atomic E-state index is 11.7. The van der Waals surface area contributed by atoms with Gasteiger partial charge in [0, 0.05) is 5.39 Å². The summed E-state index contributed by atoms with van der Waals surface area (Å²) in [6.45, 7) is 1.69. The minimum Gasteiger partial charge on any atom is -0.422 e. The Morgan fingerprint density at radius 1 is 1.24 bits per heavy atom. The van der Waals surface area contributed by atoms with Crippen LogP contribution in [0.5, 0.6) is 0 Å². The number of hydrogen-bond acceptors (Lipinski definition) is 5. The molecular weight excluding hydrogens is 220 g/mol. The van der Waals surface area contributed by atoms with Crippen molar-refractivity contribution in [1.82, 2.24) is 10.1 Å². The molecular formula is C12H8N2O3. The molecule has 0 atom stereocenters. The quantitative estimate of drug-likeness (QED) is 0.597. The van der Waals surface area contributed by atoms with Crippen LogP contribution in [-0.2, 0) is 0 Å². The van der Waals surface area contributed by atoms with E-state index in [1.54, 1.807) is 19.1 Å². The summed E-state index contributed by atoms with van der Waals surface area (Å²) in [6.07, 6.45) is 0. The van der Waals surface area contributed by atoms with Gasteiger partial charge in [-0.25, -0.2) is 4.79 Å². The minimum absolute atomic E-state index is 0.182. The largest absolute Gasteiger partial charge is 0.422 e. The Morgan fingerprint density at radius 3 is 2.82 bits per heavy atom. The van der Waals surface area contributed by atoms with Crippen molar-refractivity contribution >= 4 is 11.0 Å². The fourth-order valence-electron chi connectivity index (χ4n) is 1.62. The van der Waals surface area contributed by atoms with Gasteiger partial charge in [0.25, 0.3) is 5.89 Å². The lowest BCUT2D eigenvalue weighted by Gasteiger charge is -1.97. The van der Waals surface area contributed by atoms with Crippen molar-refractivity contribution in [3.8, 4) is 11.5 Å². The summed E-state index contributed by atoms with van der Waals surface area (Å²) in [7, 11) is 0. The number of benzene rings is 1. The van der Waals surface area contributed by atoms with E-state index < -0.39 is 5.63 Å². The van der Waals surface area contributed by atoms with E-state index in [0.717, 1.165) is 5.39 Å². The molecule has 2 heterocycles. The predicted molar refractivity (Wildman–Crippen MR) is 60.5 cm³/mol. The van der Waals surface area contributed by atoms with E-state index >= 15 is 0 Å². The van der Waals surface area contributed by atoms with Gasteiger partial charge in [-0.2, -0.15) is 4.98 Å². The first-order valence-corrected chi connectivity index (χ1v) is 5.07. The molecule has 1 aromatic carbocycles. The molecule has 0 fully saturated rings. The highest BCUT2D eigenvalue weighted by molar-refractivity contribution is 5.79. The molecule has 0 radical (unpaired) electrons. The monoisotopic (exact) mass is 228 g/mol. The van der Waals surface area contributed by atoms with Gasteiger partial charge in [0.15, 0.2) is 5.82 Å². The van der Waals surface area contributed by atoms with Crippen LogP contribution in [0.2, 0.25) is 0 Å². The second-order valence-electron chi connectivity index (χ2n) is 3.63. The lowest BCUT2D eigenvalue weighted by Crippen LogP contribution is -2.02. The second kappa shape index (κ2) is 3.55. The first-order valence-electron chi connectivity index (χ1n) is 5.07. The van der Waals surface area contributed by atoms with Crippen LogP contribution in [0.3, 0.4) is 0 Å². The molecule has 3 rings (SSSR count). The molecule has 0 saturated carbocycles. The number of aromatic nitrogens is 2. The second-order valence-corrected chi connectivity index (χ2v) is 3.63. The van der Waals surface area contributed by atoms with E-state index in [2.05, 4.69) is 10.1 Å². The summed E-state index contributed by atoms with van der Waals surface area (Å²) in [4.78, 5) is 15.8. The lowest BCUT2D eigenvalue weighted by atomic mass is 10.2. The predicted octanol–water partition coefficient (Wildman–Crippen LogP) is 2.15. The standard InChI is InChI=1S/C12H8N2O3/c1-7-13-11(17-14-7)9-6-8-4-2-3-5-10(8)16-12(9)15/h2-6H,1H3. The van der Waals surface area contributed by atoms with Crippen LogP contribution in [0.15, 0.2) is 44.1 Å². The third kappa shape index (κ3) is 1.61. The van der Waals surface area contributed by atoms with E-state index in [0.29, 0.717) is 11.4 Å². The van der Waals surface area contributed by atoms with E-state index in [9.17, 15) is 4.79 Å². The van der Waals surface area contributed by atoms with Crippen molar-refractivity contribution in [1.29, 1.82) is 0 Å². The maximum absolute atomic E-state index is 11.7. The van der Waals surface area contributed by atoms with E-state index in [1.807, 2.05) is 18.2 Å². The van der Waals surface area contributed by atoms with Crippen molar-refractivity contribution in [3.63, 3.8) is 0 Å². The fourth-order valence-corrected chi connectivity index (χ4v) is 1.62. The zero-order chi connectivity index (χ0) is 11.8. The molecule has 2 aromatic heterocycles. The van der Waals surface area contributed by atoms with Gasteiger partial charge in [0.2, 0.25) is 0 Å². The summed E-state index contributed by atoms with van der Waals surface area (Å²) >= 11 is 0. The molecule has 5 heteroatoms. The van der Waals surface area contributed by atoms with Crippen molar-refractivity contribution in [2.75, 3.05) is 0 Å². The number of aryl methyl sites for hydroxylation is 1. The maximum Gasteiger partial charge on any atom is 0.349 e. The average Bonchev–Trinajstić information content (AvgIpc) is 2.75. The normalized spacial score (nSPS) is 10.9. The molecule has 0 bridgehead atoms. The van der Waals surface area contributed by atoms with E-state index in [1.165, 1.54) is 0 Å². The molecule has 0 aliphatic heterocycles. The van der Waals surface area contributed by atoms with Crippen molar-refractivity contribution in [3.05, 3.63) is 46.6 Å². The first-order chi connectivity index (χ1) is 8.24. The smallest absolute Gasteiger partial charge is 0.349 e. The Morgan fingerprint density at radius 2 is 2.06 bits per heavy atom. The molecule has 3 aromatic rings. The van der Waals surface area contributed by atoms with Crippen molar-refractivity contribution in [2.24, 2.45) is 0 Å². The van der Waals surface area contributed by atoms with E-state index in [4.69, 9.17) is 8.94 Å². The molecule has 0 aliphatic rings. The summed E-state index contributed by atoms with van der Waals surface area (Å²) in [5, 5.41) is 4.47. The lowest BCUT2D eigenvalue weighted by molar-refractivity contribution is 0.423. The molecule has 0 aliphatic carbocycles. The summed E-state index contributed by atoms with van der Waals surface area (Å²) in [5.74, 6) is 0.662. The van der Waals surface area contributed by atoms with Gasteiger partial charge < -0.3 is 8.94 Å². The number of hydrogen-bond donors (Lipinski definition) is 0. The summed E-state index contributed by atoms with van der Waals surface area (Å²) < 4.78 is 10.1. The number of nitrogens with zero attached hydrogens (tertiary/aromatic N) is 2. The van der Waals surface area contributed by atoms with Crippen molar-refractivity contribution < 1.29 is 8.94 Å². The van der Waals surface area contributed by atoms with Crippen LogP contribution >= 0.6 is 0 Å². The van der Waals surface area contributed by atoms with Gasteiger partial charge in [-0.05, 0) is 19.1 Å². The Balaban J connectivity index is 2.30. The Hall–Kier alpha value is -2.43. The van der Waals surface area contributed by atoms with Gasteiger partial charge >= 0.3 is 5.63 Å². The molecule has 0 unspecified atom stereocenters. The van der Waals surface area contributed by atoms with Gasteiger partial charge in [0.1, 0.15) is 11.1 Å². The third-order valence-corrected chi connectivity index (χ3v) is 2.40. The number of rotatable bonds is 1. The Labute approximate surface area is 95.7 Å².